The van der Waals surface area contributed by atoms with Crippen LogP contribution in [0.2, 0.25) is 0 Å². The molecule has 1 aliphatic heterocycles. The van der Waals surface area contributed by atoms with Crippen molar-refractivity contribution in [3.05, 3.63) is 52.8 Å². The van der Waals surface area contributed by atoms with Gasteiger partial charge in [-0.2, -0.15) is 5.10 Å². The van der Waals surface area contributed by atoms with Gasteiger partial charge in [0.1, 0.15) is 0 Å². The molecule has 4 rings (SSSR count). The highest BCUT2D eigenvalue weighted by Crippen LogP contribution is 2.30. The van der Waals surface area contributed by atoms with Gasteiger partial charge in [0.15, 0.2) is 5.65 Å². The number of carbonyl (C=O) groups excluding carboxylic acids is 1. The van der Waals surface area contributed by atoms with Gasteiger partial charge in [-0.05, 0) is 50.1 Å². The Kier molecular flexibility index (Phi) is 3.87. The van der Waals surface area contributed by atoms with Crippen molar-refractivity contribution in [3.63, 3.8) is 0 Å². The predicted molar refractivity (Wildman–Crippen MR) is 95.8 cm³/mol. The Labute approximate surface area is 145 Å². The molecular weight excluding hydrogens is 316 g/mol. The van der Waals surface area contributed by atoms with Gasteiger partial charge in [0.05, 0.1) is 30.1 Å². The molecule has 0 unspecified atom stereocenters. The molecule has 0 amide bonds. The molecule has 1 N–H and O–H groups in total. The number of hydrogen-bond donors (Lipinski definition) is 1. The number of ether oxygens (including phenoxy) is 1. The van der Waals surface area contributed by atoms with E-state index in [1.54, 1.807) is 0 Å². The minimum absolute atomic E-state index is 0.273. The number of pyridine rings is 1. The average Bonchev–Trinajstić information content (AvgIpc) is 3.19. The molecule has 0 bridgehead atoms. The second-order valence-electron chi connectivity index (χ2n) is 6.24. The summed E-state index contributed by atoms with van der Waals surface area (Å²) < 4.78 is 5.11. The van der Waals surface area contributed by atoms with Gasteiger partial charge in [-0.3, -0.25) is 5.10 Å². The smallest absolute Gasteiger partial charge is 0.338 e. The van der Waals surface area contributed by atoms with E-state index in [2.05, 4.69) is 26.1 Å². The summed E-state index contributed by atoms with van der Waals surface area (Å²) in [6.07, 6.45) is 0.976. The van der Waals surface area contributed by atoms with Crippen molar-refractivity contribution in [1.29, 1.82) is 0 Å². The van der Waals surface area contributed by atoms with Gasteiger partial charge < -0.3 is 9.64 Å². The number of hydrogen-bond acceptors (Lipinski definition) is 5. The van der Waals surface area contributed by atoms with E-state index in [9.17, 15) is 4.79 Å². The van der Waals surface area contributed by atoms with Gasteiger partial charge in [-0.25, -0.2) is 9.78 Å². The molecule has 0 radical (unpaired) electrons. The Morgan fingerprint density at radius 1 is 1.32 bits per heavy atom. The number of rotatable bonds is 4. The summed E-state index contributed by atoms with van der Waals surface area (Å²) in [7, 11) is 0. The molecular formula is C19H20N4O2. The first-order chi connectivity index (χ1) is 12.2. The van der Waals surface area contributed by atoms with E-state index in [0.717, 1.165) is 41.1 Å². The van der Waals surface area contributed by atoms with Crippen molar-refractivity contribution in [2.24, 2.45) is 0 Å². The van der Waals surface area contributed by atoms with Crippen LogP contribution in [0, 0.1) is 6.92 Å². The number of aromatic amines is 1. The van der Waals surface area contributed by atoms with Crippen molar-refractivity contribution in [3.8, 4) is 0 Å². The maximum absolute atomic E-state index is 12.0. The molecule has 0 saturated heterocycles. The molecule has 1 aliphatic rings. The maximum Gasteiger partial charge on any atom is 0.338 e. The molecule has 0 aliphatic carbocycles. The van der Waals surface area contributed by atoms with Crippen LogP contribution in [0.4, 0.5) is 5.69 Å². The van der Waals surface area contributed by atoms with Gasteiger partial charge in [0.2, 0.25) is 0 Å². The number of aryl methyl sites for hydroxylation is 1. The van der Waals surface area contributed by atoms with Crippen LogP contribution in [0.3, 0.4) is 0 Å². The van der Waals surface area contributed by atoms with Crippen LogP contribution in [0.5, 0.6) is 0 Å². The third-order valence-corrected chi connectivity index (χ3v) is 4.61. The minimum Gasteiger partial charge on any atom is -0.462 e. The van der Waals surface area contributed by atoms with Gasteiger partial charge in [-0.15, -0.1) is 0 Å². The fraction of sp³-hybridized carbons (Fsp3) is 0.316. The van der Waals surface area contributed by atoms with Gasteiger partial charge >= 0.3 is 5.97 Å². The molecule has 6 nitrogen and oxygen atoms in total. The van der Waals surface area contributed by atoms with Crippen LogP contribution in [0.1, 0.15) is 34.2 Å². The number of nitrogens with zero attached hydrogens (tertiary/aromatic N) is 3. The van der Waals surface area contributed by atoms with Crippen LogP contribution in [-0.4, -0.2) is 34.3 Å². The van der Waals surface area contributed by atoms with E-state index in [4.69, 9.17) is 4.74 Å². The van der Waals surface area contributed by atoms with E-state index >= 15 is 0 Å². The first-order valence-corrected chi connectivity index (χ1v) is 8.51. The Morgan fingerprint density at radius 3 is 3.04 bits per heavy atom. The number of fused-ring (bicyclic) bond motifs is 2. The number of aromatic nitrogens is 3. The van der Waals surface area contributed by atoms with Crippen LogP contribution < -0.4 is 4.90 Å². The van der Waals surface area contributed by atoms with E-state index in [1.807, 2.05) is 38.1 Å². The lowest BCUT2D eigenvalue weighted by molar-refractivity contribution is 0.0526. The lowest BCUT2D eigenvalue weighted by Crippen LogP contribution is -2.20. The summed E-state index contributed by atoms with van der Waals surface area (Å²) in [4.78, 5) is 18.9. The summed E-state index contributed by atoms with van der Waals surface area (Å²) >= 11 is 0. The summed E-state index contributed by atoms with van der Waals surface area (Å²) in [5.41, 5.74) is 5.69. The molecule has 128 valence electrons. The highest BCUT2D eigenvalue weighted by atomic mass is 16.5. The molecule has 2 aromatic heterocycles. The number of anilines is 1. The third-order valence-electron chi connectivity index (χ3n) is 4.61. The van der Waals surface area contributed by atoms with Crippen molar-refractivity contribution >= 4 is 22.7 Å². The Bertz CT molecular complexity index is 948. The normalized spacial score (nSPS) is 13.3. The number of H-pyrrole nitrogens is 1. The minimum atomic E-state index is -0.273. The molecule has 3 heterocycles. The first kappa shape index (κ1) is 15.6. The molecule has 0 atom stereocenters. The fourth-order valence-electron chi connectivity index (χ4n) is 3.31. The standard InChI is InChI=1S/C19H20N4O2/c1-3-25-19(24)14-5-4-13-8-9-23(17(13)10-14)11-15-6-7-16-12(2)21-22-18(16)20-15/h4-7,10H,3,8-9,11H2,1-2H3,(H,20,21,22). The SMILES string of the molecule is CCOC(=O)c1ccc2c(c1)N(Cc1ccc3c(C)n[nH]c3n1)CC2. The van der Waals surface area contributed by atoms with Crippen molar-refractivity contribution in [2.45, 2.75) is 26.8 Å². The van der Waals surface area contributed by atoms with Gasteiger partial charge in [0, 0.05) is 17.6 Å². The van der Waals surface area contributed by atoms with Crippen LogP contribution in [0.25, 0.3) is 11.0 Å². The van der Waals surface area contributed by atoms with Crippen LogP contribution in [-0.2, 0) is 17.7 Å². The summed E-state index contributed by atoms with van der Waals surface area (Å²) in [6, 6.07) is 9.90. The molecule has 1 aromatic carbocycles. The topological polar surface area (TPSA) is 71.1 Å². The van der Waals surface area contributed by atoms with Gasteiger partial charge in [-0.1, -0.05) is 6.07 Å². The van der Waals surface area contributed by atoms with E-state index in [1.165, 1.54) is 5.56 Å². The van der Waals surface area contributed by atoms with Crippen LogP contribution in [0.15, 0.2) is 30.3 Å². The number of nitrogens with one attached hydrogen (secondary N) is 1. The zero-order chi connectivity index (χ0) is 17.4. The summed E-state index contributed by atoms with van der Waals surface area (Å²) in [6.45, 7) is 5.79. The molecule has 6 heteroatoms. The van der Waals surface area contributed by atoms with E-state index < -0.39 is 0 Å². The highest BCUT2D eigenvalue weighted by molar-refractivity contribution is 5.91. The second kappa shape index (κ2) is 6.20. The van der Waals surface area contributed by atoms with Gasteiger partial charge in [0.25, 0.3) is 0 Å². The van der Waals surface area contributed by atoms with Crippen molar-refractivity contribution in [2.75, 3.05) is 18.1 Å². The fourth-order valence-corrected chi connectivity index (χ4v) is 3.31. The van der Waals surface area contributed by atoms with E-state index in [0.29, 0.717) is 18.7 Å². The number of esters is 1. The Hall–Kier alpha value is -2.89. The average molecular weight is 336 g/mol. The zero-order valence-corrected chi connectivity index (χ0v) is 14.4. The quantitative estimate of drug-likeness (QED) is 0.742. The van der Waals surface area contributed by atoms with E-state index in [-0.39, 0.29) is 5.97 Å². The lowest BCUT2D eigenvalue weighted by Gasteiger charge is -2.19. The Morgan fingerprint density at radius 2 is 2.20 bits per heavy atom. The molecule has 0 spiro atoms. The van der Waals surface area contributed by atoms with Crippen LogP contribution >= 0.6 is 0 Å². The monoisotopic (exact) mass is 336 g/mol. The second-order valence-corrected chi connectivity index (χ2v) is 6.24. The summed E-state index contributed by atoms with van der Waals surface area (Å²) in [5, 5.41) is 8.22. The molecule has 0 saturated carbocycles. The zero-order valence-electron chi connectivity index (χ0n) is 14.4. The number of carbonyl (C=O) groups is 1. The number of benzene rings is 1. The highest BCUT2D eigenvalue weighted by Gasteiger charge is 2.22. The molecule has 3 aromatic rings. The Balaban J connectivity index is 1.60. The lowest BCUT2D eigenvalue weighted by atomic mass is 10.1. The van der Waals surface area contributed by atoms with Crippen molar-refractivity contribution in [1.82, 2.24) is 15.2 Å². The summed E-state index contributed by atoms with van der Waals surface area (Å²) in [5.74, 6) is -0.273. The van der Waals surface area contributed by atoms with Crippen molar-refractivity contribution < 1.29 is 9.53 Å². The molecule has 0 fully saturated rings. The third kappa shape index (κ3) is 2.84. The molecule has 25 heavy (non-hydrogen) atoms. The first-order valence-electron chi connectivity index (χ1n) is 8.51. The predicted octanol–water partition coefficient (Wildman–Crippen LogP) is 3.01. The largest absolute Gasteiger partial charge is 0.462 e. The maximum atomic E-state index is 12.0.